The second kappa shape index (κ2) is 8.74. The Morgan fingerprint density at radius 1 is 1.00 bits per heavy atom. The summed E-state index contributed by atoms with van der Waals surface area (Å²) in [6.45, 7) is 3.15. The fraction of sp³-hybridized carbons (Fsp3) is 0.368. The van der Waals surface area contributed by atoms with Crippen LogP contribution in [0.25, 0.3) is 0 Å². The molecule has 10 nitrogen and oxygen atoms in total. The van der Waals surface area contributed by atoms with Crippen LogP contribution in [0.5, 0.6) is 11.5 Å². The van der Waals surface area contributed by atoms with E-state index < -0.39 is 12.0 Å². The van der Waals surface area contributed by atoms with E-state index in [-0.39, 0.29) is 19.1 Å². The van der Waals surface area contributed by atoms with Gasteiger partial charge in [-0.3, -0.25) is 25.3 Å². The van der Waals surface area contributed by atoms with E-state index in [1.165, 1.54) is 0 Å². The largest absolute Gasteiger partial charge is 0.485 e. The number of para-hydroxylation sites is 2. The number of benzene rings is 1. The molecule has 1 fully saturated rings. The van der Waals surface area contributed by atoms with E-state index >= 15 is 0 Å². The Morgan fingerprint density at radius 2 is 1.72 bits per heavy atom. The highest BCUT2D eigenvalue weighted by Crippen LogP contribution is 2.30. The summed E-state index contributed by atoms with van der Waals surface area (Å²) >= 11 is 0. The van der Waals surface area contributed by atoms with Crippen molar-refractivity contribution < 1.29 is 19.1 Å². The molecule has 1 atom stereocenters. The molecule has 1 aromatic carbocycles. The van der Waals surface area contributed by atoms with Gasteiger partial charge in [-0.25, -0.2) is 9.97 Å². The van der Waals surface area contributed by atoms with Gasteiger partial charge in [-0.05, 0) is 18.2 Å². The average Bonchev–Trinajstić information content (AvgIpc) is 2.78. The number of nitrogens with zero attached hydrogens (tertiary/aromatic N) is 4. The topological polar surface area (TPSA) is 109 Å². The van der Waals surface area contributed by atoms with E-state index in [4.69, 9.17) is 9.47 Å². The molecule has 0 bridgehead atoms. The predicted octanol–water partition coefficient (Wildman–Crippen LogP) is -0.414. The third-order valence-corrected chi connectivity index (χ3v) is 4.70. The Hall–Kier alpha value is -3.40. The number of anilines is 1. The van der Waals surface area contributed by atoms with Crippen LogP contribution in [-0.2, 0) is 9.59 Å². The first kappa shape index (κ1) is 18.9. The number of hydrogen-bond donors (Lipinski definition) is 2. The lowest BCUT2D eigenvalue weighted by Crippen LogP contribution is -2.54. The van der Waals surface area contributed by atoms with Gasteiger partial charge in [0.2, 0.25) is 12.1 Å². The van der Waals surface area contributed by atoms with Crippen molar-refractivity contribution in [3.8, 4) is 11.5 Å². The second-order valence-electron chi connectivity index (χ2n) is 6.71. The molecule has 0 saturated carbocycles. The Kier molecular flexibility index (Phi) is 5.71. The van der Waals surface area contributed by atoms with Crippen molar-refractivity contribution in [2.75, 3.05) is 44.2 Å². The van der Waals surface area contributed by atoms with Crippen LogP contribution in [0.2, 0.25) is 0 Å². The summed E-state index contributed by atoms with van der Waals surface area (Å²) in [6, 6.07) is 8.91. The number of fused-ring (bicyclic) bond motifs is 1. The molecule has 2 aliphatic heterocycles. The van der Waals surface area contributed by atoms with Crippen LogP contribution >= 0.6 is 0 Å². The van der Waals surface area contributed by atoms with E-state index in [1.807, 2.05) is 11.0 Å². The van der Waals surface area contributed by atoms with Crippen molar-refractivity contribution in [1.82, 2.24) is 25.7 Å². The molecule has 10 heteroatoms. The number of piperazine rings is 1. The van der Waals surface area contributed by atoms with Gasteiger partial charge >= 0.3 is 0 Å². The standard InChI is InChI=1S/C19H22N6O4/c26-17(12-24-8-10-25(11-9-24)19-20-6-3-7-21-19)22-23-18(27)16-13-28-14-4-1-2-5-15(14)29-16/h1-7,16H,8-13H2,(H,22,26)(H,23,27)/t16-/m0/s1. The lowest BCUT2D eigenvalue weighted by atomic mass is 10.2. The molecule has 1 aromatic heterocycles. The molecule has 2 aliphatic rings. The Labute approximate surface area is 167 Å². The molecule has 2 amide bonds. The van der Waals surface area contributed by atoms with Gasteiger partial charge in [0, 0.05) is 38.6 Å². The predicted molar refractivity (Wildman–Crippen MR) is 103 cm³/mol. The third-order valence-electron chi connectivity index (χ3n) is 4.70. The fourth-order valence-corrected chi connectivity index (χ4v) is 3.16. The number of ether oxygens (including phenoxy) is 2. The first-order valence-corrected chi connectivity index (χ1v) is 9.40. The number of rotatable bonds is 4. The minimum absolute atomic E-state index is 0.0855. The molecule has 0 spiro atoms. The molecule has 1 saturated heterocycles. The number of hydrazine groups is 1. The maximum Gasteiger partial charge on any atom is 0.283 e. The highest BCUT2D eigenvalue weighted by atomic mass is 16.6. The number of hydrogen-bond acceptors (Lipinski definition) is 8. The summed E-state index contributed by atoms with van der Waals surface area (Å²) in [5.41, 5.74) is 4.85. The van der Waals surface area contributed by atoms with Crippen molar-refractivity contribution in [3.63, 3.8) is 0 Å². The minimum Gasteiger partial charge on any atom is -0.485 e. The molecule has 29 heavy (non-hydrogen) atoms. The van der Waals surface area contributed by atoms with Crippen LogP contribution < -0.4 is 25.2 Å². The van der Waals surface area contributed by atoms with E-state index in [0.29, 0.717) is 30.5 Å². The quantitative estimate of drug-likeness (QED) is 0.669. The number of amides is 2. The second-order valence-corrected chi connectivity index (χ2v) is 6.71. The zero-order valence-electron chi connectivity index (χ0n) is 15.8. The molecular formula is C19H22N6O4. The van der Waals surface area contributed by atoms with Gasteiger partial charge in [-0.1, -0.05) is 12.1 Å². The highest BCUT2D eigenvalue weighted by Gasteiger charge is 2.28. The number of carbonyl (C=O) groups is 2. The normalized spacial score (nSPS) is 18.8. The first-order chi connectivity index (χ1) is 14.2. The van der Waals surface area contributed by atoms with Gasteiger partial charge in [-0.2, -0.15) is 0 Å². The molecule has 0 radical (unpaired) electrons. The number of nitrogens with one attached hydrogen (secondary N) is 2. The monoisotopic (exact) mass is 398 g/mol. The summed E-state index contributed by atoms with van der Waals surface area (Å²) in [4.78, 5) is 37.0. The van der Waals surface area contributed by atoms with Crippen molar-refractivity contribution in [1.29, 1.82) is 0 Å². The maximum atomic E-state index is 12.2. The molecule has 152 valence electrons. The third kappa shape index (κ3) is 4.72. The Bertz CT molecular complexity index is 857. The van der Waals surface area contributed by atoms with E-state index in [1.54, 1.807) is 36.7 Å². The Morgan fingerprint density at radius 3 is 2.48 bits per heavy atom. The zero-order chi connectivity index (χ0) is 20.1. The molecule has 2 aromatic rings. The van der Waals surface area contributed by atoms with Gasteiger partial charge in [-0.15, -0.1) is 0 Å². The minimum atomic E-state index is -0.820. The summed E-state index contributed by atoms with van der Waals surface area (Å²) in [7, 11) is 0. The number of carbonyl (C=O) groups excluding carboxylic acids is 2. The molecule has 0 aliphatic carbocycles. The van der Waals surface area contributed by atoms with E-state index in [2.05, 4.69) is 25.7 Å². The van der Waals surface area contributed by atoms with Crippen LogP contribution in [0.15, 0.2) is 42.7 Å². The van der Waals surface area contributed by atoms with Crippen LogP contribution in [0.4, 0.5) is 5.95 Å². The van der Waals surface area contributed by atoms with Gasteiger partial charge in [0.15, 0.2) is 11.5 Å². The zero-order valence-corrected chi connectivity index (χ0v) is 15.8. The highest BCUT2D eigenvalue weighted by molar-refractivity contribution is 5.85. The molecule has 0 unspecified atom stereocenters. The summed E-state index contributed by atoms with van der Waals surface area (Å²) in [5.74, 6) is 1.05. The van der Waals surface area contributed by atoms with E-state index in [0.717, 1.165) is 13.1 Å². The SMILES string of the molecule is O=C(CN1CCN(c2ncccn2)CC1)NNC(=O)[C@@H]1COc2ccccc2O1. The van der Waals surface area contributed by atoms with Crippen molar-refractivity contribution in [2.24, 2.45) is 0 Å². The van der Waals surface area contributed by atoms with E-state index in [9.17, 15) is 9.59 Å². The summed E-state index contributed by atoms with van der Waals surface area (Å²) in [5, 5.41) is 0. The summed E-state index contributed by atoms with van der Waals surface area (Å²) in [6.07, 6.45) is 2.61. The van der Waals surface area contributed by atoms with Gasteiger partial charge < -0.3 is 14.4 Å². The lowest BCUT2D eigenvalue weighted by molar-refractivity contribution is -0.135. The van der Waals surface area contributed by atoms with Crippen molar-refractivity contribution in [3.05, 3.63) is 42.7 Å². The van der Waals surface area contributed by atoms with Crippen molar-refractivity contribution >= 4 is 17.8 Å². The average molecular weight is 398 g/mol. The number of aromatic nitrogens is 2. The van der Waals surface area contributed by atoms with Crippen LogP contribution in [0, 0.1) is 0 Å². The van der Waals surface area contributed by atoms with Crippen LogP contribution in [0.3, 0.4) is 0 Å². The molecule has 2 N–H and O–H groups in total. The van der Waals surface area contributed by atoms with Crippen molar-refractivity contribution in [2.45, 2.75) is 6.10 Å². The molecule has 3 heterocycles. The Balaban J connectivity index is 1.18. The first-order valence-electron chi connectivity index (χ1n) is 9.40. The lowest BCUT2D eigenvalue weighted by Gasteiger charge is -2.34. The smallest absolute Gasteiger partial charge is 0.283 e. The maximum absolute atomic E-state index is 12.2. The van der Waals surface area contributed by atoms with Crippen LogP contribution in [-0.4, -0.2) is 72.1 Å². The molecule has 4 rings (SSSR count). The van der Waals surface area contributed by atoms with Crippen LogP contribution in [0.1, 0.15) is 0 Å². The fourth-order valence-electron chi connectivity index (χ4n) is 3.16. The van der Waals surface area contributed by atoms with Gasteiger partial charge in [0.25, 0.3) is 11.8 Å². The van der Waals surface area contributed by atoms with Gasteiger partial charge in [0.1, 0.15) is 6.61 Å². The van der Waals surface area contributed by atoms with Gasteiger partial charge in [0.05, 0.1) is 6.54 Å². The molecular weight excluding hydrogens is 376 g/mol. The summed E-state index contributed by atoms with van der Waals surface area (Å²) < 4.78 is 11.1.